The lowest BCUT2D eigenvalue weighted by Gasteiger charge is -2.25. The van der Waals surface area contributed by atoms with E-state index in [4.69, 9.17) is 32.7 Å². The van der Waals surface area contributed by atoms with Crippen molar-refractivity contribution in [1.29, 1.82) is 0 Å². The standard InChI is InChI=1S/C30H30Cl2O2/c31-30(32)20-18-27(19-21-30)29(26-16-8-3-9-17-26)34-23-11-10-22-33-28(24-12-4-1-5-13-24)25-14-6-2-7-15-25/h1-9,12-20,28-29H,10-11,21-23H2. The van der Waals surface area contributed by atoms with Gasteiger partial charge in [-0.1, -0.05) is 126 Å². The molecule has 0 spiro atoms. The molecule has 0 aromatic heterocycles. The lowest BCUT2D eigenvalue weighted by atomic mass is 9.96. The number of alkyl halides is 2. The number of hydrogen-bond acceptors (Lipinski definition) is 2. The summed E-state index contributed by atoms with van der Waals surface area (Å²) in [4.78, 5) is 0. The zero-order chi connectivity index (χ0) is 23.6. The van der Waals surface area contributed by atoms with Gasteiger partial charge in [0.25, 0.3) is 0 Å². The normalized spacial score (nSPS) is 15.8. The summed E-state index contributed by atoms with van der Waals surface area (Å²) < 4.78 is 11.9. The van der Waals surface area contributed by atoms with E-state index in [0.717, 1.165) is 24.0 Å². The summed E-state index contributed by atoms with van der Waals surface area (Å²) in [6, 6.07) is 31.0. The predicted octanol–water partition coefficient (Wildman–Crippen LogP) is 8.39. The van der Waals surface area contributed by atoms with Gasteiger partial charge in [-0.15, -0.1) is 0 Å². The third-order valence-electron chi connectivity index (χ3n) is 5.85. The lowest BCUT2D eigenvalue weighted by Crippen LogP contribution is -2.15. The number of unbranched alkanes of at least 4 members (excludes halogenated alkanes) is 1. The van der Waals surface area contributed by atoms with Gasteiger partial charge >= 0.3 is 0 Å². The molecule has 34 heavy (non-hydrogen) atoms. The van der Waals surface area contributed by atoms with E-state index in [0.29, 0.717) is 19.6 Å². The third-order valence-corrected chi connectivity index (χ3v) is 6.41. The van der Waals surface area contributed by atoms with E-state index < -0.39 is 4.33 Å². The Morgan fingerprint density at radius 2 is 1.09 bits per heavy atom. The van der Waals surface area contributed by atoms with Gasteiger partial charge < -0.3 is 9.47 Å². The maximum Gasteiger partial charge on any atom is 0.140 e. The van der Waals surface area contributed by atoms with Crippen LogP contribution in [0, 0.1) is 0 Å². The molecule has 1 atom stereocenters. The van der Waals surface area contributed by atoms with Gasteiger partial charge in [0.05, 0.1) is 0 Å². The monoisotopic (exact) mass is 492 g/mol. The Bertz CT molecular complexity index is 1020. The van der Waals surface area contributed by atoms with Crippen LogP contribution in [0.4, 0.5) is 0 Å². The summed E-state index contributed by atoms with van der Waals surface area (Å²) in [6.07, 6.45) is 8.09. The molecule has 1 aliphatic carbocycles. The average molecular weight is 493 g/mol. The smallest absolute Gasteiger partial charge is 0.140 e. The van der Waals surface area contributed by atoms with Crippen LogP contribution in [0.25, 0.3) is 0 Å². The molecule has 0 bridgehead atoms. The van der Waals surface area contributed by atoms with Crippen molar-refractivity contribution in [2.45, 2.75) is 35.8 Å². The predicted molar refractivity (Wildman–Crippen MR) is 141 cm³/mol. The minimum Gasteiger partial charge on any atom is -0.369 e. The van der Waals surface area contributed by atoms with Gasteiger partial charge in [-0.25, -0.2) is 0 Å². The Labute approximate surface area is 212 Å². The highest BCUT2D eigenvalue weighted by atomic mass is 35.5. The first-order chi connectivity index (χ1) is 16.6. The summed E-state index contributed by atoms with van der Waals surface area (Å²) in [6.45, 7) is 1.31. The SMILES string of the molecule is ClC1(Cl)C=CC(C(OCCCCOC(c2ccccc2)c2ccccc2)c2ccccc2)=CC1. The summed E-state index contributed by atoms with van der Waals surface area (Å²) in [5, 5.41) is 0. The van der Waals surface area contributed by atoms with E-state index in [-0.39, 0.29) is 12.2 Å². The van der Waals surface area contributed by atoms with E-state index in [1.807, 2.05) is 42.5 Å². The Morgan fingerprint density at radius 1 is 0.647 bits per heavy atom. The fourth-order valence-electron chi connectivity index (χ4n) is 4.06. The van der Waals surface area contributed by atoms with Gasteiger partial charge in [0.2, 0.25) is 0 Å². The van der Waals surface area contributed by atoms with Gasteiger partial charge in [0, 0.05) is 19.6 Å². The maximum atomic E-state index is 6.35. The Kier molecular flexibility index (Phi) is 9.01. The highest BCUT2D eigenvalue weighted by Gasteiger charge is 2.25. The van der Waals surface area contributed by atoms with E-state index in [1.165, 1.54) is 11.1 Å². The van der Waals surface area contributed by atoms with Crippen LogP contribution >= 0.6 is 23.2 Å². The lowest BCUT2D eigenvalue weighted by molar-refractivity contribution is 0.0527. The highest BCUT2D eigenvalue weighted by Crippen LogP contribution is 2.37. The molecular weight excluding hydrogens is 463 g/mol. The van der Waals surface area contributed by atoms with Crippen LogP contribution in [0.3, 0.4) is 0 Å². The quantitative estimate of drug-likeness (QED) is 0.197. The highest BCUT2D eigenvalue weighted by molar-refractivity contribution is 6.50. The molecule has 3 aromatic rings. The number of hydrogen-bond donors (Lipinski definition) is 0. The van der Waals surface area contributed by atoms with E-state index >= 15 is 0 Å². The van der Waals surface area contributed by atoms with Crippen molar-refractivity contribution in [2.24, 2.45) is 0 Å². The van der Waals surface area contributed by atoms with Crippen molar-refractivity contribution in [3.8, 4) is 0 Å². The maximum absolute atomic E-state index is 6.35. The zero-order valence-corrected chi connectivity index (χ0v) is 20.7. The molecule has 4 rings (SSSR count). The summed E-state index contributed by atoms with van der Waals surface area (Å²) in [7, 11) is 0. The second-order valence-electron chi connectivity index (χ2n) is 8.44. The molecule has 1 aliphatic rings. The molecule has 1 unspecified atom stereocenters. The Morgan fingerprint density at radius 3 is 1.53 bits per heavy atom. The van der Waals surface area contributed by atoms with Crippen LogP contribution in [0.2, 0.25) is 0 Å². The number of rotatable bonds is 11. The molecular formula is C30H30Cl2O2. The van der Waals surface area contributed by atoms with Gasteiger partial charge in [0.1, 0.15) is 16.5 Å². The van der Waals surface area contributed by atoms with Crippen LogP contribution in [-0.4, -0.2) is 17.5 Å². The number of benzene rings is 3. The van der Waals surface area contributed by atoms with Crippen molar-refractivity contribution in [3.05, 3.63) is 131 Å². The van der Waals surface area contributed by atoms with Crippen molar-refractivity contribution >= 4 is 23.2 Å². The molecule has 4 heteroatoms. The first-order valence-electron chi connectivity index (χ1n) is 11.8. The molecule has 176 valence electrons. The molecule has 0 amide bonds. The van der Waals surface area contributed by atoms with Gasteiger partial charge in [-0.2, -0.15) is 0 Å². The summed E-state index contributed by atoms with van der Waals surface area (Å²) >= 11 is 12.5. The van der Waals surface area contributed by atoms with Gasteiger partial charge in [-0.05, 0) is 41.2 Å². The molecule has 0 N–H and O–H groups in total. The first kappa shape index (κ1) is 24.8. The molecule has 2 nitrogen and oxygen atoms in total. The molecule has 0 heterocycles. The molecule has 0 aliphatic heterocycles. The summed E-state index contributed by atoms with van der Waals surface area (Å²) in [5.41, 5.74) is 4.55. The molecule has 3 aromatic carbocycles. The largest absolute Gasteiger partial charge is 0.369 e. The van der Waals surface area contributed by atoms with E-state index in [9.17, 15) is 0 Å². The molecule has 0 saturated heterocycles. The molecule has 0 radical (unpaired) electrons. The number of halogens is 2. The topological polar surface area (TPSA) is 18.5 Å². The fraction of sp³-hybridized carbons (Fsp3) is 0.267. The molecule has 0 saturated carbocycles. The number of allylic oxidation sites excluding steroid dienone is 2. The van der Waals surface area contributed by atoms with Gasteiger partial charge in [0.15, 0.2) is 0 Å². The Hall–Kier alpha value is -2.36. The zero-order valence-electron chi connectivity index (χ0n) is 19.2. The van der Waals surface area contributed by atoms with Crippen molar-refractivity contribution < 1.29 is 9.47 Å². The summed E-state index contributed by atoms with van der Waals surface area (Å²) in [5.74, 6) is 0. The van der Waals surface area contributed by atoms with Crippen LogP contribution in [0.5, 0.6) is 0 Å². The van der Waals surface area contributed by atoms with Gasteiger partial charge in [-0.3, -0.25) is 0 Å². The molecule has 0 fully saturated rings. The van der Waals surface area contributed by atoms with Crippen molar-refractivity contribution in [2.75, 3.05) is 13.2 Å². The first-order valence-corrected chi connectivity index (χ1v) is 12.5. The minimum atomic E-state index is -0.837. The van der Waals surface area contributed by atoms with E-state index in [2.05, 4.69) is 66.7 Å². The number of ether oxygens (including phenoxy) is 2. The van der Waals surface area contributed by atoms with Crippen LogP contribution in [0.1, 0.15) is 48.2 Å². The Balaban J connectivity index is 1.31. The third kappa shape index (κ3) is 7.07. The minimum absolute atomic E-state index is 0.0655. The average Bonchev–Trinajstić information content (AvgIpc) is 2.88. The second kappa shape index (κ2) is 12.4. The van der Waals surface area contributed by atoms with Crippen LogP contribution < -0.4 is 0 Å². The van der Waals surface area contributed by atoms with Crippen molar-refractivity contribution in [1.82, 2.24) is 0 Å². The van der Waals surface area contributed by atoms with E-state index in [1.54, 1.807) is 0 Å². The van der Waals surface area contributed by atoms with Crippen molar-refractivity contribution in [3.63, 3.8) is 0 Å². The second-order valence-corrected chi connectivity index (χ2v) is 9.99. The van der Waals surface area contributed by atoms with Crippen LogP contribution in [-0.2, 0) is 9.47 Å². The fourth-order valence-corrected chi connectivity index (χ4v) is 4.34. The van der Waals surface area contributed by atoms with Crippen LogP contribution in [0.15, 0.2) is 115 Å².